The average Bonchev–Trinajstić information content (AvgIpc) is 3.02. The topological polar surface area (TPSA) is 32.7 Å². The first kappa shape index (κ1) is 11.7. The number of anilines is 1. The molecule has 0 saturated heterocycles. The van der Waals surface area contributed by atoms with Crippen LogP contribution in [-0.2, 0) is 10.3 Å². The molecular weight excluding hydrogens is 226 g/mol. The molecule has 0 unspecified atom stereocenters. The van der Waals surface area contributed by atoms with E-state index in [4.69, 9.17) is 0 Å². The van der Waals surface area contributed by atoms with Gasteiger partial charge in [-0.2, -0.15) is 4.99 Å². The number of hydrogen-bond acceptors (Lipinski definition) is 3. The van der Waals surface area contributed by atoms with E-state index in [9.17, 15) is 13.6 Å². The maximum Gasteiger partial charge on any atom is 0.235 e. The van der Waals surface area contributed by atoms with Gasteiger partial charge in [-0.15, -0.1) is 0 Å². The molecule has 1 aliphatic rings. The lowest BCUT2D eigenvalue weighted by atomic mass is 10.0. The molecule has 5 heteroatoms. The van der Waals surface area contributed by atoms with E-state index in [1.165, 1.54) is 17.0 Å². The Hall–Kier alpha value is -1.74. The number of rotatable bonds is 3. The molecule has 1 aliphatic carbocycles. The molecule has 1 saturated carbocycles. The van der Waals surface area contributed by atoms with Gasteiger partial charge in [0.05, 0.1) is 5.69 Å². The van der Waals surface area contributed by atoms with Gasteiger partial charge in [0.1, 0.15) is 5.54 Å². The average molecular weight is 238 g/mol. The van der Waals surface area contributed by atoms with Crippen molar-refractivity contribution >= 4 is 11.8 Å². The van der Waals surface area contributed by atoms with E-state index in [0.29, 0.717) is 18.4 Å². The summed E-state index contributed by atoms with van der Waals surface area (Å²) in [5.74, 6) is -1.80. The third-order valence-electron chi connectivity index (χ3n) is 3.00. The lowest BCUT2D eigenvalue weighted by molar-refractivity contribution is 0.504. The predicted octanol–water partition coefficient (Wildman–Crippen LogP) is 2.36. The molecule has 1 aromatic rings. The first-order chi connectivity index (χ1) is 8.02. The highest BCUT2D eigenvalue weighted by molar-refractivity contribution is 5.60. The van der Waals surface area contributed by atoms with Crippen LogP contribution in [0.25, 0.3) is 0 Å². The lowest BCUT2D eigenvalue weighted by Crippen LogP contribution is -2.18. The van der Waals surface area contributed by atoms with E-state index in [1.54, 1.807) is 14.1 Å². The molecule has 3 nitrogen and oxygen atoms in total. The Bertz CT molecular complexity index is 503. The van der Waals surface area contributed by atoms with Gasteiger partial charge in [-0.25, -0.2) is 13.6 Å². The summed E-state index contributed by atoms with van der Waals surface area (Å²) >= 11 is 0. The van der Waals surface area contributed by atoms with Crippen molar-refractivity contribution in [1.82, 2.24) is 0 Å². The van der Waals surface area contributed by atoms with Crippen molar-refractivity contribution in [2.75, 3.05) is 19.0 Å². The number of aliphatic imine (C=N–C) groups is 1. The second-order valence-corrected chi connectivity index (χ2v) is 4.39. The van der Waals surface area contributed by atoms with Gasteiger partial charge in [0, 0.05) is 19.7 Å². The normalized spacial score (nSPS) is 16.2. The van der Waals surface area contributed by atoms with E-state index in [0.717, 1.165) is 6.07 Å². The molecule has 1 fully saturated rings. The zero-order chi connectivity index (χ0) is 12.6. The second-order valence-electron chi connectivity index (χ2n) is 4.39. The van der Waals surface area contributed by atoms with Crippen LogP contribution in [0.5, 0.6) is 0 Å². The van der Waals surface area contributed by atoms with Crippen molar-refractivity contribution in [2.45, 2.75) is 18.4 Å². The van der Waals surface area contributed by atoms with E-state index < -0.39 is 17.2 Å². The minimum atomic E-state index is -0.903. The van der Waals surface area contributed by atoms with Crippen LogP contribution in [0.2, 0.25) is 0 Å². The highest BCUT2D eigenvalue weighted by atomic mass is 19.2. The first-order valence-corrected chi connectivity index (χ1v) is 5.27. The van der Waals surface area contributed by atoms with Crippen molar-refractivity contribution in [3.8, 4) is 0 Å². The van der Waals surface area contributed by atoms with Gasteiger partial charge < -0.3 is 4.90 Å². The summed E-state index contributed by atoms with van der Waals surface area (Å²) in [6.07, 6.45) is 2.83. The Morgan fingerprint density at radius 3 is 2.47 bits per heavy atom. The number of halogens is 2. The fraction of sp³-hybridized carbons (Fsp3) is 0.417. The van der Waals surface area contributed by atoms with Gasteiger partial charge >= 0.3 is 0 Å². The third kappa shape index (κ3) is 1.83. The van der Waals surface area contributed by atoms with E-state index in [1.807, 2.05) is 0 Å². The second kappa shape index (κ2) is 3.93. The summed E-state index contributed by atoms with van der Waals surface area (Å²) < 4.78 is 27.0. The Morgan fingerprint density at radius 1 is 1.35 bits per heavy atom. The molecule has 0 spiro atoms. The zero-order valence-corrected chi connectivity index (χ0v) is 9.63. The van der Waals surface area contributed by atoms with Crippen LogP contribution in [-0.4, -0.2) is 20.2 Å². The van der Waals surface area contributed by atoms with Crippen LogP contribution in [0.3, 0.4) is 0 Å². The van der Waals surface area contributed by atoms with Gasteiger partial charge in [-0.3, -0.25) is 0 Å². The Morgan fingerprint density at radius 2 is 2.00 bits per heavy atom. The zero-order valence-electron chi connectivity index (χ0n) is 9.63. The first-order valence-electron chi connectivity index (χ1n) is 5.27. The molecular formula is C12H12F2N2O. The molecule has 0 amide bonds. The summed E-state index contributed by atoms with van der Waals surface area (Å²) in [4.78, 5) is 15.6. The Kier molecular flexibility index (Phi) is 2.71. The molecule has 0 aromatic heterocycles. The maximum absolute atomic E-state index is 13.8. The van der Waals surface area contributed by atoms with Crippen molar-refractivity contribution in [3.63, 3.8) is 0 Å². The Balaban J connectivity index is 2.62. The van der Waals surface area contributed by atoms with E-state index in [2.05, 4.69) is 4.99 Å². The molecule has 0 radical (unpaired) electrons. The summed E-state index contributed by atoms with van der Waals surface area (Å²) in [5.41, 5.74) is 0.00171. The van der Waals surface area contributed by atoms with Gasteiger partial charge in [0.15, 0.2) is 11.6 Å². The number of nitrogens with zero attached hydrogens (tertiary/aromatic N) is 2. The molecule has 90 valence electrons. The van der Waals surface area contributed by atoms with Crippen LogP contribution in [0.15, 0.2) is 17.1 Å². The highest BCUT2D eigenvalue weighted by Crippen LogP contribution is 2.52. The molecule has 0 aliphatic heterocycles. The highest BCUT2D eigenvalue weighted by Gasteiger charge is 2.47. The van der Waals surface area contributed by atoms with Crippen molar-refractivity contribution in [2.24, 2.45) is 4.99 Å². The van der Waals surface area contributed by atoms with Gasteiger partial charge in [0.2, 0.25) is 6.08 Å². The SMILES string of the molecule is CN(C)c1c(C2(N=C=O)CC2)ccc(F)c1F. The van der Waals surface area contributed by atoms with Crippen molar-refractivity contribution in [1.29, 1.82) is 0 Å². The van der Waals surface area contributed by atoms with Crippen LogP contribution in [0.4, 0.5) is 14.5 Å². The fourth-order valence-corrected chi connectivity index (χ4v) is 2.00. The van der Waals surface area contributed by atoms with Crippen molar-refractivity contribution < 1.29 is 13.6 Å². The number of carbonyl (C=O) groups excluding carboxylic acids is 1. The Labute approximate surface area is 97.8 Å². The van der Waals surface area contributed by atoms with Crippen LogP contribution in [0.1, 0.15) is 18.4 Å². The summed E-state index contributed by atoms with van der Waals surface area (Å²) in [6.45, 7) is 0. The molecule has 0 atom stereocenters. The monoisotopic (exact) mass is 238 g/mol. The molecule has 2 rings (SSSR count). The third-order valence-corrected chi connectivity index (χ3v) is 3.00. The number of benzene rings is 1. The molecule has 17 heavy (non-hydrogen) atoms. The van der Waals surface area contributed by atoms with Crippen LogP contribution in [0, 0.1) is 11.6 Å². The smallest absolute Gasteiger partial charge is 0.235 e. The van der Waals surface area contributed by atoms with Crippen molar-refractivity contribution in [3.05, 3.63) is 29.3 Å². The largest absolute Gasteiger partial charge is 0.375 e. The number of isocyanates is 1. The summed E-state index contributed by atoms with van der Waals surface area (Å²) in [7, 11) is 3.25. The van der Waals surface area contributed by atoms with Gasteiger partial charge in [-0.05, 0) is 18.9 Å². The minimum absolute atomic E-state index is 0.154. The van der Waals surface area contributed by atoms with Gasteiger partial charge in [-0.1, -0.05) is 6.07 Å². The minimum Gasteiger partial charge on any atom is -0.375 e. The summed E-state index contributed by atoms with van der Waals surface area (Å²) in [5, 5.41) is 0. The summed E-state index contributed by atoms with van der Waals surface area (Å²) in [6, 6.07) is 2.56. The fourth-order valence-electron chi connectivity index (χ4n) is 2.00. The van der Waals surface area contributed by atoms with Crippen LogP contribution >= 0.6 is 0 Å². The van der Waals surface area contributed by atoms with Gasteiger partial charge in [0.25, 0.3) is 0 Å². The van der Waals surface area contributed by atoms with E-state index >= 15 is 0 Å². The molecule has 0 N–H and O–H groups in total. The number of hydrogen-bond donors (Lipinski definition) is 0. The lowest BCUT2D eigenvalue weighted by Gasteiger charge is -2.21. The quantitative estimate of drug-likeness (QED) is 0.598. The van der Waals surface area contributed by atoms with Crippen LogP contribution < -0.4 is 4.90 Å². The predicted molar refractivity (Wildman–Crippen MR) is 59.7 cm³/mol. The molecule has 1 aromatic carbocycles. The molecule has 0 bridgehead atoms. The van der Waals surface area contributed by atoms with E-state index in [-0.39, 0.29) is 5.69 Å². The standard InChI is InChI=1S/C12H12F2N2O/c1-16(2)11-8(3-4-9(13)10(11)14)12(5-6-12)15-7-17/h3-4H,5-6H2,1-2H3. The molecule has 0 heterocycles. The maximum atomic E-state index is 13.8.